The maximum atomic E-state index is 4.56. The van der Waals surface area contributed by atoms with E-state index in [4.69, 9.17) is 0 Å². The number of rotatable bonds is 0. The first-order valence-electron chi connectivity index (χ1n) is 5.95. The van der Waals surface area contributed by atoms with E-state index in [1.54, 1.807) is 0 Å². The quantitative estimate of drug-likeness (QED) is 0.704. The highest BCUT2D eigenvalue weighted by Gasteiger charge is 2.27. The molecule has 0 radical (unpaired) electrons. The lowest BCUT2D eigenvalue weighted by atomic mass is 9.85. The molecule has 1 atom stereocenters. The summed E-state index contributed by atoms with van der Waals surface area (Å²) in [7, 11) is 0. The van der Waals surface area contributed by atoms with Crippen LogP contribution in [-0.2, 0) is 0 Å². The smallest absolute Gasteiger partial charge is 0.149 e. The van der Waals surface area contributed by atoms with Crippen LogP contribution in [-0.4, -0.2) is 17.6 Å². The van der Waals surface area contributed by atoms with Crippen molar-refractivity contribution in [1.29, 1.82) is 0 Å². The van der Waals surface area contributed by atoms with Gasteiger partial charge < -0.3 is 10.6 Å². The van der Waals surface area contributed by atoms with Gasteiger partial charge in [0.2, 0.25) is 0 Å². The summed E-state index contributed by atoms with van der Waals surface area (Å²) in [4.78, 5) is 4.56. The van der Waals surface area contributed by atoms with Crippen molar-refractivity contribution in [1.82, 2.24) is 4.98 Å². The largest absolute Gasteiger partial charge is 0.382 e. The zero-order valence-electron chi connectivity index (χ0n) is 10.6. The van der Waals surface area contributed by atoms with Gasteiger partial charge in [-0.2, -0.15) is 0 Å². The molecule has 1 unspecified atom stereocenters. The van der Waals surface area contributed by atoms with Crippen LogP contribution in [0.3, 0.4) is 0 Å². The highest BCUT2D eigenvalue weighted by molar-refractivity contribution is 5.65. The molecule has 0 spiro atoms. The molecule has 0 amide bonds. The Hall–Kier alpha value is -1.25. The van der Waals surface area contributed by atoms with E-state index in [0.29, 0.717) is 6.04 Å². The molecule has 3 heteroatoms. The van der Waals surface area contributed by atoms with Crippen LogP contribution in [0, 0.1) is 12.3 Å². The van der Waals surface area contributed by atoms with Crippen molar-refractivity contribution >= 4 is 11.5 Å². The van der Waals surface area contributed by atoms with Crippen molar-refractivity contribution in [3.63, 3.8) is 0 Å². The summed E-state index contributed by atoms with van der Waals surface area (Å²) in [6.45, 7) is 9.84. The van der Waals surface area contributed by atoms with E-state index in [0.717, 1.165) is 30.2 Å². The van der Waals surface area contributed by atoms with Gasteiger partial charge in [0, 0.05) is 18.3 Å². The second-order valence-corrected chi connectivity index (χ2v) is 5.63. The molecule has 1 aromatic heterocycles. The molecule has 88 valence electrons. The van der Waals surface area contributed by atoms with Crippen LogP contribution in [0.2, 0.25) is 0 Å². The first-order valence-corrected chi connectivity index (χ1v) is 5.95. The highest BCUT2D eigenvalue weighted by atomic mass is 15.1. The second kappa shape index (κ2) is 3.96. The molecule has 1 aliphatic heterocycles. The molecule has 16 heavy (non-hydrogen) atoms. The zero-order valence-corrected chi connectivity index (χ0v) is 10.6. The van der Waals surface area contributed by atoms with Gasteiger partial charge in [0.25, 0.3) is 0 Å². The summed E-state index contributed by atoms with van der Waals surface area (Å²) in [5.41, 5.74) is 2.44. The Labute approximate surface area is 97.7 Å². The van der Waals surface area contributed by atoms with Crippen LogP contribution in [0.5, 0.6) is 0 Å². The molecular formula is C13H21N3. The average molecular weight is 219 g/mol. The lowest BCUT2D eigenvalue weighted by molar-refractivity contribution is 0.332. The first-order chi connectivity index (χ1) is 7.47. The summed E-state index contributed by atoms with van der Waals surface area (Å²) in [5.74, 6) is 0.998. The van der Waals surface area contributed by atoms with Crippen molar-refractivity contribution in [2.24, 2.45) is 5.41 Å². The van der Waals surface area contributed by atoms with E-state index in [9.17, 15) is 0 Å². The van der Waals surface area contributed by atoms with E-state index in [1.807, 2.05) is 13.0 Å². The maximum absolute atomic E-state index is 4.56. The Morgan fingerprint density at radius 2 is 2.06 bits per heavy atom. The molecule has 1 aromatic rings. The third-order valence-electron chi connectivity index (χ3n) is 3.14. The third-order valence-corrected chi connectivity index (χ3v) is 3.14. The van der Waals surface area contributed by atoms with Crippen LogP contribution in [0.1, 0.15) is 32.9 Å². The topological polar surface area (TPSA) is 37.0 Å². The number of aromatic nitrogens is 1. The second-order valence-electron chi connectivity index (χ2n) is 5.63. The minimum Gasteiger partial charge on any atom is -0.382 e. The molecule has 2 rings (SSSR count). The first kappa shape index (κ1) is 11.2. The highest BCUT2D eigenvalue weighted by Crippen LogP contribution is 2.30. The summed E-state index contributed by atoms with van der Waals surface area (Å²) >= 11 is 0. The fourth-order valence-corrected chi connectivity index (χ4v) is 2.05. The Morgan fingerprint density at radius 3 is 2.75 bits per heavy atom. The van der Waals surface area contributed by atoms with Gasteiger partial charge in [-0.3, -0.25) is 0 Å². The number of nitrogens with zero attached hydrogens (tertiary/aromatic N) is 1. The summed E-state index contributed by atoms with van der Waals surface area (Å²) in [6.07, 6.45) is 1.12. The number of hydrogen-bond acceptors (Lipinski definition) is 3. The van der Waals surface area contributed by atoms with E-state index in [-0.39, 0.29) is 5.41 Å². The monoisotopic (exact) mass is 219 g/mol. The Kier molecular flexibility index (Phi) is 2.78. The summed E-state index contributed by atoms with van der Waals surface area (Å²) in [5, 5.41) is 7.00. The average Bonchev–Trinajstić information content (AvgIpc) is 2.38. The van der Waals surface area contributed by atoms with Gasteiger partial charge in [-0.25, -0.2) is 4.98 Å². The minimum atomic E-state index is 0.259. The van der Waals surface area contributed by atoms with E-state index < -0.39 is 0 Å². The maximum Gasteiger partial charge on any atom is 0.149 e. The molecule has 0 saturated heterocycles. The molecule has 2 N–H and O–H groups in total. The van der Waals surface area contributed by atoms with Crippen molar-refractivity contribution in [3.8, 4) is 0 Å². The Morgan fingerprint density at radius 1 is 1.31 bits per heavy atom. The van der Waals surface area contributed by atoms with Gasteiger partial charge in [0.1, 0.15) is 5.82 Å². The molecular weight excluding hydrogens is 198 g/mol. The van der Waals surface area contributed by atoms with Gasteiger partial charge in [0.05, 0.1) is 5.69 Å². The normalized spacial score (nSPS) is 20.4. The number of anilines is 2. The Balaban J connectivity index is 2.29. The van der Waals surface area contributed by atoms with Crippen LogP contribution >= 0.6 is 0 Å². The molecule has 0 bridgehead atoms. The molecule has 0 aromatic carbocycles. The molecule has 0 aliphatic carbocycles. The number of fused-ring (bicyclic) bond motifs is 1. The summed E-state index contributed by atoms with van der Waals surface area (Å²) in [6, 6.07) is 4.62. The Bertz CT molecular complexity index is 379. The molecule has 3 nitrogen and oxygen atoms in total. The predicted molar refractivity (Wildman–Crippen MR) is 68.9 cm³/mol. The van der Waals surface area contributed by atoms with Crippen LogP contribution in [0.15, 0.2) is 12.1 Å². The van der Waals surface area contributed by atoms with Gasteiger partial charge >= 0.3 is 0 Å². The number of pyridine rings is 1. The molecule has 1 aliphatic rings. The number of nitrogens with one attached hydrogen (secondary N) is 2. The van der Waals surface area contributed by atoms with Crippen molar-refractivity contribution < 1.29 is 0 Å². The standard InChI is InChI=1S/C13H21N3/c1-9-5-6-10-12(15-9)16-11(7-8-14-10)13(2,3)4/h5-6,11,14H,7-8H2,1-4H3,(H,15,16). The fourth-order valence-electron chi connectivity index (χ4n) is 2.05. The van der Waals surface area contributed by atoms with Gasteiger partial charge in [0.15, 0.2) is 0 Å². The number of hydrogen-bond donors (Lipinski definition) is 2. The van der Waals surface area contributed by atoms with Gasteiger partial charge in [-0.1, -0.05) is 20.8 Å². The van der Waals surface area contributed by atoms with E-state index in [2.05, 4.69) is 42.5 Å². The molecule has 0 fully saturated rings. The predicted octanol–water partition coefficient (Wildman–Crippen LogP) is 3.03. The lowest BCUT2D eigenvalue weighted by Crippen LogP contribution is -2.34. The van der Waals surface area contributed by atoms with Crippen molar-refractivity contribution in [2.45, 2.75) is 40.2 Å². The van der Waals surface area contributed by atoms with Crippen LogP contribution in [0.25, 0.3) is 0 Å². The molecule has 2 heterocycles. The van der Waals surface area contributed by atoms with Crippen LogP contribution < -0.4 is 10.6 Å². The van der Waals surface area contributed by atoms with Crippen LogP contribution in [0.4, 0.5) is 11.5 Å². The van der Waals surface area contributed by atoms with E-state index in [1.165, 1.54) is 0 Å². The lowest BCUT2D eigenvalue weighted by Gasteiger charge is -2.30. The minimum absolute atomic E-state index is 0.259. The van der Waals surface area contributed by atoms with E-state index >= 15 is 0 Å². The van der Waals surface area contributed by atoms with Gasteiger partial charge in [-0.05, 0) is 30.9 Å². The fraction of sp³-hybridized carbons (Fsp3) is 0.615. The van der Waals surface area contributed by atoms with Gasteiger partial charge in [-0.15, -0.1) is 0 Å². The number of aryl methyl sites for hydroxylation is 1. The SMILES string of the molecule is Cc1ccc2c(n1)NC(C(C)(C)C)CCN2. The summed E-state index contributed by atoms with van der Waals surface area (Å²) < 4.78 is 0. The molecule has 0 saturated carbocycles. The van der Waals surface area contributed by atoms with Crippen molar-refractivity contribution in [3.05, 3.63) is 17.8 Å². The zero-order chi connectivity index (χ0) is 11.8. The third kappa shape index (κ3) is 2.29. The van der Waals surface area contributed by atoms with Crippen molar-refractivity contribution in [2.75, 3.05) is 17.2 Å².